The van der Waals surface area contributed by atoms with Gasteiger partial charge in [0.15, 0.2) is 0 Å². The lowest BCUT2D eigenvalue weighted by Gasteiger charge is -2.15. The smallest absolute Gasteiger partial charge is 0.224 e. The van der Waals surface area contributed by atoms with Crippen molar-refractivity contribution >= 4 is 17.5 Å². The van der Waals surface area contributed by atoms with Crippen LogP contribution < -0.4 is 10.6 Å². The number of nitrogens with one attached hydrogen (secondary N) is 2. The van der Waals surface area contributed by atoms with Crippen molar-refractivity contribution in [2.75, 3.05) is 37.8 Å². The molecule has 0 spiro atoms. The van der Waals surface area contributed by atoms with Gasteiger partial charge in [-0.25, -0.2) is 4.98 Å². The van der Waals surface area contributed by atoms with Crippen LogP contribution in [-0.2, 0) is 0 Å². The second-order valence-corrected chi connectivity index (χ2v) is 6.67. The molecule has 0 aliphatic rings. The Balaban J connectivity index is 2.08. The van der Waals surface area contributed by atoms with Gasteiger partial charge in [0.2, 0.25) is 5.95 Å². The molecule has 0 unspecified atom stereocenters. The molecule has 5 nitrogen and oxygen atoms in total. The molecule has 130 valence electrons. The lowest BCUT2D eigenvalue weighted by Crippen LogP contribution is -2.17. The van der Waals surface area contributed by atoms with Gasteiger partial charge in [-0.2, -0.15) is 4.98 Å². The summed E-state index contributed by atoms with van der Waals surface area (Å²) >= 11 is 0. The van der Waals surface area contributed by atoms with E-state index in [1.165, 1.54) is 5.56 Å². The van der Waals surface area contributed by atoms with Crippen molar-refractivity contribution in [1.29, 1.82) is 0 Å². The number of aryl methyl sites for hydroxylation is 1. The van der Waals surface area contributed by atoms with Crippen LogP contribution in [0.25, 0.3) is 0 Å². The van der Waals surface area contributed by atoms with Gasteiger partial charge in [-0.3, -0.25) is 0 Å². The largest absolute Gasteiger partial charge is 0.354 e. The summed E-state index contributed by atoms with van der Waals surface area (Å²) in [5, 5.41) is 6.76. The van der Waals surface area contributed by atoms with E-state index in [0.717, 1.165) is 36.7 Å². The van der Waals surface area contributed by atoms with E-state index in [0.29, 0.717) is 11.9 Å². The first kappa shape index (κ1) is 18.2. The monoisotopic (exact) mass is 327 g/mol. The maximum atomic E-state index is 4.60. The van der Waals surface area contributed by atoms with Gasteiger partial charge in [0.25, 0.3) is 0 Å². The fraction of sp³-hybridized carbons (Fsp3) is 0.474. The van der Waals surface area contributed by atoms with E-state index >= 15 is 0 Å². The lowest BCUT2D eigenvalue weighted by atomic mass is 10.0. The van der Waals surface area contributed by atoms with Crippen molar-refractivity contribution < 1.29 is 0 Å². The molecule has 1 heterocycles. The highest BCUT2D eigenvalue weighted by Crippen LogP contribution is 2.26. The highest BCUT2D eigenvalue weighted by Gasteiger charge is 2.08. The zero-order valence-electron chi connectivity index (χ0n) is 15.4. The van der Waals surface area contributed by atoms with Gasteiger partial charge in [-0.15, -0.1) is 0 Å². The lowest BCUT2D eigenvalue weighted by molar-refractivity contribution is 0.405. The number of nitrogens with zero attached hydrogens (tertiary/aromatic N) is 3. The van der Waals surface area contributed by atoms with Crippen molar-refractivity contribution in [3.8, 4) is 0 Å². The van der Waals surface area contributed by atoms with Crippen molar-refractivity contribution in [3.63, 3.8) is 0 Å². The van der Waals surface area contributed by atoms with Gasteiger partial charge in [0.05, 0.1) is 0 Å². The van der Waals surface area contributed by atoms with E-state index in [-0.39, 0.29) is 0 Å². The summed E-state index contributed by atoms with van der Waals surface area (Å²) in [5.74, 6) is 1.96. The minimum absolute atomic E-state index is 0.459. The van der Waals surface area contributed by atoms with Crippen LogP contribution >= 0.6 is 0 Å². The second-order valence-electron chi connectivity index (χ2n) is 6.67. The van der Waals surface area contributed by atoms with Gasteiger partial charge < -0.3 is 15.5 Å². The Hall–Kier alpha value is -2.14. The molecule has 0 atom stereocenters. The third kappa shape index (κ3) is 5.49. The molecule has 2 N–H and O–H groups in total. The summed E-state index contributed by atoms with van der Waals surface area (Å²) in [6.45, 7) is 8.30. The molecule has 0 fully saturated rings. The minimum Gasteiger partial charge on any atom is -0.354 e. The van der Waals surface area contributed by atoms with Crippen LogP contribution in [-0.4, -0.2) is 42.1 Å². The number of aromatic nitrogens is 2. The number of hydrogen-bond acceptors (Lipinski definition) is 5. The summed E-state index contributed by atoms with van der Waals surface area (Å²) in [6.07, 6.45) is 1.06. The first-order valence-electron chi connectivity index (χ1n) is 8.56. The Bertz CT molecular complexity index is 652. The SMILES string of the molecule is Cc1cc(Nc2ccccc2C(C)C)nc(NCCCN(C)C)n1. The number of rotatable bonds is 8. The first-order valence-corrected chi connectivity index (χ1v) is 8.56. The summed E-state index contributed by atoms with van der Waals surface area (Å²) in [5.41, 5.74) is 3.34. The quantitative estimate of drug-likeness (QED) is 0.717. The Kier molecular flexibility index (Phi) is 6.55. The Morgan fingerprint density at radius 3 is 2.58 bits per heavy atom. The fourth-order valence-corrected chi connectivity index (χ4v) is 2.56. The molecular formula is C19H29N5. The van der Waals surface area contributed by atoms with Crippen LogP contribution in [0.4, 0.5) is 17.5 Å². The topological polar surface area (TPSA) is 53.1 Å². The Labute approximate surface area is 145 Å². The first-order chi connectivity index (χ1) is 11.5. The van der Waals surface area contributed by atoms with Crippen LogP contribution in [0.5, 0.6) is 0 Å². The van der Waals surface area contributed by atoms with E-state index in [1.54, 1.807) is 0 Å². The average molecular weight is 327 g/mol. The summed E-state index contributed by atoms with van der Waals surface area (Å²) in [4.78, 5) is 11.2. The van der Waals surface area contributed by atoms with E-state index in [9.17, 15) is 0 Å². The number of para-hydroxylation sites is 1. The molecule has 1 aromatic carbocycles. The highest BCUT2D eigenvalue weighted by molar-refractivity contribution is 5.62. The third-order valence-corrected chi connectivity index (χ3v) is 3.76. The van der Waals surface area contributed by atoms with E-state index in [1.807, 2.05) is 19.1 Å². The van der Waals surface area contributed by atoms with Crippen molar-refractivity contribution in [2.45, 2.75) is 33.1 Å². The molecule has 5 heteroatoms. The number of benzene rings is 1. The molecule has 1 aromatic heterocycles. The molecule has 0 saturated carbocycles. The van der Waals surface area contributed by atoms with Gasteiger partial charge in [0, 0.05) is 24.0 Å². The molecule has 0 aliphatic carbocycles. The van der Waals surface area contributed by atoms with Crippen molar-refractivity contribution in [2.24, 2.45) is 0 Å². The molecule has 2 rings (SSSR count). The summed E-state index contributed by atoms with van der Waals surface area (Å²) in [6, 6.07) is 10.3. The zero-order valence-corrected chi connectivity index (χ0v) is 15.4. The maximum absolute atomic E-state index is 4.60. The van der Waals surface area contributed by atoms with Crippen LogP contribution in [0.1, 0.15) is 37.4 Å². The van der Waals surface area contributed by atoms with Crippen molar-refractivity contribution in [1.82, 2.24) is 14.9 Å². The van der Waals surface area contributed by atoms with Gasteiger partial charge in [-0.05, 0) is 51.5 Å². The molecule has 0 aliphatic heterocycles. The van der Waals surface area contributed by atoms with E-state index in [2.05, 4.69) is 71.6 Å². The molecule has 0 radical (unpaired) electrons. The van der Waals surface area contributed by atoms with Gasteiger partial charge >= 0.3 is 0 Å². The Morgan fingerprint density at radius 1 is 1.12 bits per heavy atom. The predicted molar refractivity (Wildman–Crippen MR) is 102 cm³/mol. The molecule has 24 heavy (non-hydrogen) atoms. The van der Waals surface area contributed by atoms with Gasteiger partial charge in [-0.1, -0.05) is 32.0 Å². The Morgan fingerprint density at radius 2 is 1.88 bits per heavy atom. The van der Waals surface area contributed by atoms with Crippen LogP contribution in [0.3, 0.4) is 0 Å². The summed E-state index contributed by atoms with van der Waals surface area (Å²) < 4.78 is 0. The average Bonchev–Trinajstić information content (AvgIpc) is 2.51. The standard InChI is InChI=1S/C19H29N5/c1-14(2)16-9-6-7-10-17(16)22-18-13-15(3)21-19(23-18)20-11-8-12-24(4)5/h6-7,9-10,13-14H,8,11-12H2,1-5H3,(H2,20,21,22,23). The van der Waals surface area contributed by atoms with Crippen LogP contribution in [0.15, 0.2) is 30.3 Å². The number of anilines is 3. The second kappa shape index (κ2) is 8.64. The van der Waals surface area contributed by atoms with Crippen LogP contribution in [0.2, 0.25) is 0 Å². The fourth-order valence-electron chi connectivity index (χ4n) is 2.56. The maximum Gasteiger partial charge on any atom is 0.224 e. The zero-order chi connectivity index (χ0) is 17.5. The third-order valence-electron chi connectivity index (χ3n) is 3.76. The predicted octanol–water partition coefficient (Wildman–Crippen LogP) is 4.02. The van der Waals surface area contributed by atoms with Crippen molar-refractivity contribution in [3.05, 3.63) is 41.6 Å². The van der Waals surface area contributed by atoms with E-state index in [4.69, 9.17) is 0 Å². The van der Waals surface area contributed by atoms with E-state index < -0.39 is 0 Å². The highest BCUT2D eigenvalue weighted by atomic mass is 15.1. The molecule has 2 aromatic rings. The molecule has 0 amide bonds. The normalized spacial score (nSPS) is 11.1. The molecule has 0 saturated heterocycles. The molecule has 0 bridgehead atoms. The van der Waals surface area contributed by atoms with Crippen LogP contribution in [0, 0.1) is 6.92 Å². The minimum atomic E-state index is 0.459. The number of hydrogen-bond donors (Lipinski definition) is 2. The summed E-state index contributed by atoms with van der Waals surface area (Å²) in [7, 11) is 4.16. The molecular weight excluding hydrogens is 298 g/mol. The van der Waals surface area contributed by atoms with Gasteiger partial charge in [0.1, 0.15) is 5.82 Å².